The Labute approximate surface area is 183 Å². The molecule has 0 radical (unpaired) electrons. The largest absolute Gasteiger partial charge is 0.390 e. The molecule has 0 aliphatic heterocycles. The van der Waals surface area contributed by atoms with Crippen molar-refractivity contribution >= 4 is 28.1 Å². The van der Waals surface area contributed by atoms with Gasteiger partial charge in [-0.25, -0.2) is 8.42 Å². The minimum absolute atomic E-state index is 0. The first-order valence-corrected chi connectivity index (χ1v) is 10.8. The summed E-state index contributed by atoms with van der Waals surface area (Å²) in [6, 6.07) is 13.5. The third-order valence-corrected chi connectivity index (χ3v) is 6.30. The van der Waals surface area contributed by atoms with E-state index in [0.717, 1.165) is 17.7 Å². The average molecular weight is 458 g/mol. The molecule has 0 aliphatic rings. The van der Waals surface area contributed by atoms with Gasteiger partial charge in [-0.05, 0) is 30.0 Å². The van der Waals surface area contributed by atoms with Crippen LogP contribution in [0.2, 0.25) is 0 Å². The Morgan fingerprint density at radius 2 is 1.63 bits per heavy atom. The van der Waals surface area contributed by atoms with Crippen molar-refractivity contribution in [2.45, 2.75) is 37.3 Å². The maximum Gasteiger partial charge on any atom is 0.269 e. The molecule has 0 aliphatic carbocycles. The SMILES string of the molecule is CC(C)CN(C[C@@H](O)[C@@H](N)Cc1ccccc1)S(=O)(=O)c1ccc([N+](=O)[O-])cc1.Cl. The minimum atomic E-state index is -3.94. The Hall–Kier alpha value is -2.04. The predicted molar refractivity (Wildman–Crippen MR) is 118 cm³/mol. The molecule has 0 heterocycles. The molecule has 0 fully saturated rings. The first kappa shape index (κ1) is 26.0. The van der Waals surface area contributed by atoms with Crippen molar-refractivity contribution < 1.29 is 18.4 Å². The number of nitrogens with two attached hydrogens (primary N) is 1. The van der Waals surface area contributed by atoms with Crippen molar-refractivity contribution in [3.05, 3.63) is 70.3 Å². The maximum atomic E-state index is 13.1. The van der Waals surface area contributed by atoms with Crippen molar-refractivity contribution in [1.29, 1.82) is 0 Å². The number of hydrogen-bond acceptors (Lipinski definition) is 6. The number of nitro benzene ring substituents is 1. The van der Waals surface area contributed by atoms with Crippen LogP contribution >= 0.6 is 12.4 Å². The number of halogens is 1. The number of sulfonamides is 1. The second-order valence-corrected chi connectivity index (χ2v) is 9.33. The highest BCUT2D eigenvalue weighted by Crippen LogP contribution is 2.21. The van der Waals surface area contributed by atoms with Gasteiger partial charge >= 0.3 is 0 Å². The molecule has 0 unspecified atom stereocenters. The standard InChI is InChI=1S/C20H27N3O5S.ClH/c1-15(2)13-22(14-20(24)19(21)12-16-6-4-3-5-7-16)29(27,28)18-10-8-17(9-11-18)23(25)26;/h3-11,15,19-20,24H,12-14,21H2,1-2H3;1H/t19-,20+;/m0./s1. The van der Waals surface area contributed by atoms with E-state index >= 15 is 0 Å². The second kappa shape index (κ2) is 11.4. The molecule has 2 aromatic rings. The van der Waals surface area contributed by atoms with Gasteiger partial charge in [0.25, 0.3) is 5.69 Å². The molecule has 30 heavy (non-hydrogen) atoms. The predicted octanol–water partition coefficient (Wildman–Crippen LogP) is 2.59. The molecular weight excluding hydrogens is 430 g/mol. The van der Waals surface area contributed by atoms with Crippen LogP contribution in [0.4, 0.5) is 5.69 Å². The molecule has 8 nitrogen and oxygen atoms in total. The van der Waals surface area contributed by atoms with Crippen molar-refractivity contribution in [3.8, 4) is 0 Å². The summed E-state index contributed by atoms with van der Waals surface area (Å²) in [5.74, 6) is 0.0142. The lowest BCUT2D eigenvalue weighted by Crippen LogP contribution is -2.47. The van der Waals surface area contributed by atoms with Gasteiger partial charge in [-0.3, -0.25) is 10.1 Å². The van der Waals surface area contributed by atoms with Crippen LogP contribution < -0.4 is 5.73 Å². The highest BCUT2D eigenvalue weighted by molar-refractivity contribution is 7.89. The molecule has 166 valence electrons. The van der Waals surface area contributed by atoms with E-state index in [0.29, 0.717) is 6.42 Å². The van der Waals surface area contributed by atoms with Gasteiger partial charge in [0.05, 0.1) is 15.9 Å². The van der Waals surface area contributed by atoms with Gasteiger partial charge in [0, 0.05) is 31.3 Å². The van der Waals surface area contributed by atoms with E-state index in [1.165, 1.54) is 16.4 Å². The van der Waals surface area contributed by atoms with Crippen LogP contribution in [0, 0.1) is 16.0 Å². The molecule has 2 rings (SSSR count). The van der Waals surface area contributed by atoms with E-state index in [1.54, 1.807) is 0 Å². The zero-order valence-electron chi connectivity index (χ0n) is 16.9. The monoisotopic (exact) mass is 457 g/mol. The number of aliphatic hydroxyl groups excluding tert-OH is 1. The van der Waals surface area contributed by atoms with Crippen LogP contribution in [0.1, 0.15) is 19.4 Å². The summed E-state index contributed by atoms with van der Waals surface area (Å²) in [4.78, 5) is 10.2. The summed E-state index contributed by atoms with van der Waals surface area (Å²) >= 11 is 0. The first-order chi connectivity index (χ1) is 13.6. The van der Waals surface area contributed by atoms with E-state index in [1.807, 2.05) is 44.2 Å². The maximum absolute atomic E-state index is 13.1. The van der Waals surface area contributed by atoms with Gasteiger partial charge in [0.1, 0.15) is 0 Å². The van der Waals surface area contributed by atoms with E-state index in [9.17, 15) is 23.6 Å². The summed E-state index contributed by atoms with van der Waals surface area (Å²) in [5, 5.41) is 21.4. The molecule has 0 aromatic heterocycles. The van der Waals surface area contributed by atoms with Crippen LogP contribution in [-0.4, -0.2) is 48.0 Å². The van der Waals surface area contributed by atoms with Crippen LogP contribution in [0.3, 0.4) is 0 Å². The van der Waals surface area contributed by atoms with Crippen LogP contribution in [0.25, 0.3) is 0 Å². The molecule has 0 bridgehead atoms. The Kier molecular flexibility index (Phi) is 9.86. The van der Waals surface area contributed by atoms with Crippen molar-refractivity contribution in [1.82, 2.24) is 4.31 Å². The van der Waals surface area contributed by atoms with E-state index in [-0.39, 0.29) is 42.0 Å². The van der Waals surface area contributed by atoms with E-state index < -0.39 is 27.1 Å². The summed E-state index contributed by atoms with van der Waals surface area (Å²) in [6.07, 6.45) is -0.656. The van der Waals surface area contributed by atoms with Gasteiger partial charge in [-0.15, -0.1) is 12.4 Å². The fourth-order valence-corrected chi connectivity index (χ4v) is 4.55. The zero-order chi connectivity index (χ0) is 21.6. The molecule has 10 heteroatoms. The Morgan fingerprint density at radius 3 is 2.13 bits per heavy atom. The normalized spacial score (nSPS) is 13.7. The molecule has 2 atom stereocenters. The number of rotatable bonds is 10. The number of hydrogen-bond donors (Lipinski definition) is 2. The summed E-state index contributed by atoms with van der Waals surface area (Å²) in [6.45, 7) is 3.77. The third kappa shape index (κ3) is 7.03. The molecule has 0 saturated heterocycles. The van der Waals surface area contributed by atoms with Gasteiger partial charge < -0.3 is 10.8 Å². The van der Waals surface area contributed by atoms with Crippen molar-refractivity contribution in [2.75, 3.05) is 13.1 Å². The van der Waals surface area contributed by atoms with Crippen LogP contribution in [0.5, 0.6) is 0 Å². The highest BCUT2D eigenvalue weighted by atomic mass is 35.5. The topological polar surface area (TPSA) is 127 Å². The Bertz CT molecular complexity index is 908. The number of non-ortho nitro benzene ring substituents is 1. The van der Waals surface area contributed by atoms with E-state index in [2.05, 4.69) is 0 Å². The molecule has 0 amide bonds. The van der Waals surface area contributed by atoms with Crippen LogP contribution in [0.15, 0.2) is 59.5 Å². The number of nitrogens with zero attached hydrogens (tertiary/aromatic N) is 2. The molecule has 2 aromatic carbocycles. The lowest BCUT2D eigenvalue weighted by Gasteiger charge is -2.28. The van der Waals surface area contributed by atoms with Gasteiger partial charge in [-0.2, -0.15) is 4.31 Å². The molecular formula is C20H28ClN3O5S. The summed E-state index contributed by atoms with van der Waals surface area (Å²) in [5.41, 5.74) is 6.88. The molecule has 3 N–H and O–H groups in total. The lowest BCUT2D eigenvalue weighted by molar-refractivity contribution is -0.384. The van der Waals surface area contributed by atoms with Crippen LogP contribution in [-0.2, 0) is 16.4 Å². The third-order valence-electron chi connectivity index (χ3n) is 4.45. The fraction of sp³-hybridized carbons (Fsp3) is 0.400. The number of benzene rings is 2. The average Bonchev–Trinajstić information content (AvgIpc) is 2.67. The summed E-state index contributed by atoms with van der Waals surface area (Å²) in [7, 11) is -3.94. The van der Waals surface area contributed by atoms with Crippen molar-refractivity contribution in [3.63, 3.8) is 0 Å². The van der Waals surface area contributed by atoms with E-state index in [4.69, 9.17) is 5.73 Å². The van der Waals surface area contributed by atoms with Gasteiger partial charge in [-0.1, -0.05) is 44.2 Å². The smallest absolute Gasteiger partial charge is 0.269 e. The Morgan fingerprint density at radius 1 is 1.07 bits per heavy atom. The minimum Gasteiger partial charge on any atom is -0.390 e. The zero-order valence-corrected chi connectivity index (χ0v) is 18.6. The fourth-order valence-electron chi connectivity index (χ4n) is 2.93. The van der Waals surface area contributed by atoms with Gasteiger partial charge in [0.15, 0.2) is 0 Å². The quantitative estimate of drug-likeness (QED) is 0.417. The lowest BCUT2D eigenvalue weighted by atomic mass is 10.0. The Balaban J connectivity index is 0.00000450. The second-order valence-electron chi connectivity index (χ2n) is 7.39. The number of aliphatic hydroxyl groups is 1. The van der Waals surface area contributed by atoms with Gasteiger partial charge in [0.2, 0.25) is 10.0 Å². The summed E-state index contributed by atoms with van der Waals surface area (Å²) < 4.78 is 27.3. The van der Waals surface area contributed by atoms with Crippen molar-refractivity contribution in [2.24, 2.45) is 11.7 Å². The molecule has 0 spiro atoms. The first-order valence-electron chi connectivity index (χ1n) is 9.33. The molecule has 0 saturated carbocycles. The number of nitro groups is 1. The highest BCUT2D eigenvalue weighted by Gasteiger charge is 2.29.